The third-order valence-electron chi connectivity index (χ3n) is 2.29. The predicted octanol–water partition coefficient (Wildman–Crippen LogP) is 2.99. The van der Waals surface area contributed by atoms with Crippen molar-refractivity contribution >= 4 is 22.5 Å². The summed E-state index contributed by atoms with van der Waals surface area (Å²) in [6, 6.07) is 5.65. The van der Waals surface area contributed by atoms with Gasteiger partial charge in [0, 0.05) is 17.5 Å². The molecule has 0 aliphatic heterocycles. The molecule has 0 atom stereocenters. The van der Waals surface area contributed by atoms with E-state index < -0.39 is 0 Å². The van der Waals surface area contributed by atoms with Crippen LogP contribution >= 0.6 is 11.6 Å². The third kappa shape index (κ3) is 1.32. The second-order valence-corrected chi connectivity index (χ2v) is 3.50. The zero-order valence-electron chi connectivity index (χ0n) is 7.79. The number of rotatable bonds is 1. The molecule has 0 fully saturated rings. The Morgan fingerprint density at radius 2 is 2.29 bits per heavy atom. The van der Waals surface area contributed by atoms with Crippen LogP contribution < -0.4 is 0 Å². The zero-order valence-corrected chi connectivity index (χ0v) is 8.54. The number of pyridine rings is 1. The fourth-order valence-electron chi connectivity index (χ4n) is 1.56. The number of alkyl halides is 1. The van der Waals surface area contributed by atoms with E-state index >= 15 is 0 Å². The molecule has 1 aromatic heterocycles. The van der Waals surface area contributed by atoms with Crippen LogP contribution in [0.2, 0.25) is 0 Å². The molecular formula is C11H10ClNO. The minimum atomic E-state index is 0.245. The molecule has 0 radical (unpaired) electrons. The summed E-state index contributed by atoms with van der Waals surface area (Å²) < 4.78 is 0. The number of fused-ring (bicyclic) bond motifs is 1. The Kier molecular flexibility index (Phi) is 2.30. The summed E-state index contributed by atoms with van der Waals surface area (Å²) in [6.45, 7) is 1.85. The van der Waals surface area contributed by atoms with Gasteiger partial charge in [0.05, 0.1) is 0 Å². The fourth-order valence-corrected chi connectivity index (χ4v) is 1.78. The van der Waals surface area contributed by atoms with Crippen molar-refractivity contribution in [2.45, 2.75) is 12.8 Å². The molecule has 72 valence electrons. The van der Waals surface area contributed by atoms with Gasteiger partial charge in [-0.05, 0) is 24.1 Å². The van der Waals surface area contributed by atoms with Gasteiger partial charge in [-0.2, -0.15) is 0 Å². The number of aromatic nitrogens is 1. The number of hydrogen-bond donors (Lipinski definition) is 1. The van der Waals surface area contributed by atoms with Gasteiger partial charge in [-0.25, -0.2) is 0 Å². The Labute approximate surface area is 87.2 Å². The lowest BCUT2D eigenvalue weighted by Crippen LogP contribution is -1.88. The Balaban J connectivity index is 2.89. The van der Waals surface area contributed by atoms with Gasteiger partial charge in [0.15, 0.2) is 0 Å². The van der Waals surface area contributed by atoms with Gasteiger partial charge in [0.1, 0.15) is 11.3 Å². The van der Waals surface area contributed by atoms with Crippen molar-refractivity contribution in [2.75, 3.05) is 0 Å². The summed E-state index contributed by atoms with van der Waals surface area (Å²) in [6.07, 6.45) is 1.67. The Hall–Kier alpha value is -1.28. The number of hydrogen-bond acceptors (Lipinski definition) is 2. The van der Waals surface area contributed by atoms with Crippen molar-refractivity contribution < 1.29 is 5.11 Å². The maximum atomic E-state index is 9.77. The number of phenolic OH excluding ortho intramolecular Hbond substituents is 1. The van der Waals surface area contributed by atoms with Crippen molar-refractivity contribution in [3.63, 3.8) is 0 Å². The van der Waals surface area contributed by atoms with Crippen molar-refractivity contribution in [1.82, 2.24) is 4.98 Å². The first-order valence-electron chi connectivity index (χ1n) is 4.36. The standard InChI is InChI=1S/C11H10ClNO/c1-7-5-8(6-12)9-3-2-4-13-10(9)11(7)14/h2-5,14H,6H2,1H3. The van der Waals surface area contributed by atoms with Gasteiger partial charge in [0.25, 0.3) is 0 Å². The number of benzene rings is 1. The van der Waals surface area contributed by atoms with E-state index in [1.807, 2.05) is 25.1 Å². The van der Waals surface area contributed by atoms with Crippen LogP contribution in [-0.4, -0.2) is 10.1 Å². The first-order valence-corrected chi connectivity index (χ1v) is 4.89. The molecule has 14 heavy (non-hydrogen) atoms. The summed E-state index contributed by atoms with van der Waals surface area (Å²) in [5.41, 5.74) is 2.44. The molecular weight excluding hydrogens is 198 g/mol. The van der Waals surface area contributed by atoms with Crippen molar-refractivity contribution in [3.05, 3.63) is 35.5 Å². The van der Waals surface area contributed by atoms with Gasteiger partial charge in [-0.1, -0.05) is 12.1 Å². The molecule has 0 saturated carbocycles. The molecule has 2 rings (SSSR count). The van der Waals surface area contributed by atoms with E-state index in [4.69, 9.17) is 11.6 Å². The summed E-state index contributed by atoms with van der Waals surface area (Å²) >= 11 is 5.82. The lowest BCUT2D eigenvalue weighted by atomic mass is 10.1. The predicted molar refractivity (Wildman–Crippen MR) is 57.7 cm³/mol. The highest BCUT2D eigenvalue weighted by Crippen LogP contribution is 2.29. The van der Waals surface area contributed by atoms with E-state index in [0.29, 0.717) is 11.4 Å². The summed E-state index contributed by atoms with van der Waals surface area (Å²) in [5, 5.41) is 10.7. The summed E-state index contributed by atoms with van der Waals surface area (Å²) in [5.74, 6) is 0.679. The highest BCUT2D eigenvalue weighted by molar-refractivity contribution is 6.18. The molecule has 2 aromatic rings. The molecule has 0 aliphatic rings. The van der Waals surface area contributed by atoms with E-state index in [2.05, 4.69) is 4.98 Å². The Morgan fingerprint density at radius 3 is 3.00 bits per heavy atom. The number of aromatic hydroxyl groups is 1. The van der Waals surface area contributed by atoms with E-state index in [9.17, 15) is 5.11 Å². The monoisotopic (exact) mass is 207 g/mol. The van der Waals surface area contributed by atoms with E-state index in [1.54, 1.807) is 6.20 Å². The van der Waals surface area contributed by atoms with Crippen LogP contribution in [0.15, 0.2) is 24.4 Å². The maximum Gasteiger partial charge on any atom is 0.144 e. The summed E-state index contributed by atoms with van der Waals surface area (Å²) in [7, 11) is 0. The molecule has 0 aliphatic carbocycles. The minimum Gasteiger partial charge on any atom is -0.505 e. The SMILES string of the molecule is Cc1cc(CCl)c2cccnc2c1O. The Bertz CT molecular complexity index is 482. The van der Waals surface area contributed by atoms with Crippen LogP contribution in [0.4, 0.5) is 0 Å². The number of aryl methyl sites for hydroxylation is 1. The van der Waals surface area contributed by atoms with Crippen molar-refractivity contribution in [1.29, 1.82) is 0 Å². The molecule has 0 saturated heterocycles. The maximum absolute atomic E-state index is 9.77. The van der Waals surface area contributed by atoms with Gasteiger partial charge >= 0.3 is 0 Å². The van der Waals surface area contributed by atoms with Crippen LogP contribution in [0.5, 0.6) is 5.75 Å². The molecule has 0 unspecified atom stereocenters. The highest BCUT2D eigenvalue weighted by Gasteiger charge is 2.08. The molecule has 3 heteroatoms. The Morgan fingerprint density at radius 1 is 1.50 bits per heavy atom. The first-order chi connectivity index (χ1) is 6.74. The topological polar surface area (TPSA) is 33.1 Å². The fraction of sp³-hybridized carbons (Fsp3) is 0.182. The third-order valence-corrected chi connectivity index (χ3v) is 2.57. The second kappa shape index (κ2) is 3.46. The average Bonchev–Trinajstić information content (AvgIpc) is 2.23. The second-order valence-electron chi connectivity index (χ2n) is 3.23. The molecule has 0 bridgehead atoms. The van der Waals surface area contributed by atoms with E-state index in [1.165, 1.54) is 0 Å². The van der Waals surface area contributed by atoms with Crippen LogP contribution in [0.1, 0.15) is 11.1 Å². The normalized spacial score (nSPS) is 10.7. The number of nitrogens with zero attached hydrogens (tertiary/aromatic N) is 1. The minimum absolute atomic E-state index is 0.245. The molecule has 1 N–H and O–H groups in total. The molecule has 2 nitrogen and oxygen atoms in total. The summed E-state index contributed by atoms with van der Waals surface area (Å²) in [4.78, 5) is 4.14. The molecule has 1 aromatic carbocycles. The number of halogens is 1. The molecule has 0 amide bonds. The van der Waals surface area contributed by atoms with Gasteiger partial charge in [-0.15, -0.1) is 11.6 Å². The zero-order chi connectivity index (χ0) is 10.1. The van der Waals surface area contributed by atoms with Gasteiger partial charge in [-0.3, -0.25) is 4.98 Å². The quantitative estimate of drug-likeness (QED) is 0.730. The van der Waals surface area contributed by atoms with Crippen LogP contribution in [0.3, 0.4) is 0 Å². The number of phenols is 1. The molecule has 0 spiro atoms. The lowest BCUT2D eigenvalue weighted by molar-refractivity contribution is 0.476. The van der Waals surface area contributed by atoms with Crippen molar-refractivity contribution in [3.8, 4) is 5.75 Å². The van der Waals surface area contributed by atoms with E-state index in [-0.39, 0.29) is 5.75 Å². The molecule has 1 heterocycles. The van der Waals surface area contributed by atoms with Crippen LogP contribution in [-0.2, 0) is 5.88 Å². The lowest BCUT2D eigenvalue weighted by Gasteiger charge is -2.07. The average molecular weight is 208 g/mol. The van der Waals surface area contributed by atoms with Crippen LogP contribution in [0.25, 0.3) is 10.9 Å². The highest BCUT2D eigenvalue weighted by atomic mass is 35.5. The van der Waals surface area contributed by atoms with E-state index in [0.717, 1.165) is 16.5 Å². The largest absolute Gasteiger partial charge is 0.505 e. The first kappa shape index (κ1) is 9.28. The van der Waals surface area contributed by atoms with Crippen molar-refractivity contribution in [2.24, 2.45) is 0 Å². The van der Waals surface area contributed by atoms with Crippen LogP contribution in [0, 0.1) is 6.92 Å². The van der Waals surface area contributed by atoms with Gasteiger partial charge < -0.3 is 5.11 Å². The van der Waals surface area contributed by atoms with Gasteiger partial charge in [0.2, 0.25) is 0 Å². The smallest absolute Gasteiger partial charge is 0.144 e.